The molecule has 2 unspecified atom stereocenters. The highest BCUT2D eigenvalue weighted by molar-refractivity contribution is 9.10. The summed E-state index contributed by atoms with van der Waals surface area (Å²) in [5, 5.41) is 1.14. The van der Waals surface area contributed by atoms with Gasteiger partial charge in [0.15, 0.2) is 0 Å². The van der Waals surface area contributed by atoms with Gasteiger partial charge in [-0.25, -0.2) is 0 Å². The molecule has 0 aromatic heterocycles. The van der Waals surface area contributed by atoms with Crippen LogP contribution in [-0.2, 0) is 0 Å². The molecular formula is C20H39Br2. The van der Waals surface area contributed by atoms with Gasteiger partial charge in [0.05, 0.1) is 0 Å². The molecule has 0 saturated carbocycles. The van der Waals surface area contributed by atoms with Crippen LogP contribution in [0.1, 0.15) is 104 Å². The van der Waals surface area contributed by atoms with E-state index in [4.69, 9.17) is 0 Å². The highest BCUT2D eigenvalue weighted by atomic mass is 79.9. The van der Waals surface area contributed by atoms with Crippen LogP contribution in [-0.4, -0.2) is 10.2 Å². The molecule has 2 atom stereocenters. The second-order valence-electron chi connectivity index (χ2n) is 6.71. The number of rotatable bonds is 17. The maximum atomic E-state index is 3.93. The van der Waals surface area contributed by atoms with Crippen LogP contribution in [0, 0.1) is 12.3 Å². The van der Waals surface area contributed by atoms with Gasteiger partial charge in [-0.15, -0.1) is 0 Å². The van der Waals surface area contributed by atoms with Crippen LogP contribution in [0.3, 0.4) is 0 Å². The molecule has 0 N–H and O–H groups in total. The van der Waals surface area contributed by atoms with Crippen molar-refractivity contribution >= 4 is 31.9 Å². The van der Waals surface area contributed by atoms with E-state index < -0.39 is 0 Å². The van der Waals surface area contributed by atoms with E-state index in [2.05, 4.69) is 52.1 Å². The average Bonchev–Trinajstić information content (AvgIpc) is 2.53. The molecule has 0 amide bonds. The van der Waals surface area contributed by atoms with Crippen LogP contribution in [0.15, 0.2) is 0 Å². The Morgan fingerprint density at radius 2 is 1.32 bits per heavy atom. The minimum Gasteiger partial charge on any atom is -0.0925 e. The van der Waals surface area contributed by atoms with Crippen molar-refractivity contribution in [3.63, 3.8) is 0 Å². The molecule has 0 rings (SSSR count). The molecule has 0 heterocycles. The van der Waals surface area contributed by atoms with Crippen molar-refractivity contribution in [3.8, 4) is 0 Å². The van der Waals surface area contributed by atoms with E-state index in [-0.39, 0.29) is 0 Å². The average molecular weight is 439 g/mol. The zero-order valence-electron chi connectivity index (χ0n) is 15.1. The van der Waals surface area contributed by atoms with Gasteiger partial charge in [0, 0.05) is 10.2 Å². The molecule has 0 aliphatic rings. The molecular weight excluding hydrogens is 400 g/mol. The topological polar surface area (TPSA) is 0 Å². The zero-order chi connectivity index (χ0) is 16.5. The van der Waals surface area contributed by atoms with Gasteiger partial charge in [-0.2, -0.15) is 0 Å². The van der Waals surface area contributed by atoms with Gasteiger partial charge in [-0.1, -0.05) is 123 Å². The summed E-state index contributed by atoms with van der Waals surface area (Å²) in [5.74, 6) is 0.794. The minimum atomic E-state index is 0.665. The Hall–Kier alpha value is 0.960. The standard InChI is InChI=1S/C20H39Br2/c1-3-5-7-9-11-13-15-17-20(22)19(18-21)16-14-12-10-8-6-4-2/h15,19-20H,3-14,16-18H2,1-2H3. The van der Waals surface area contributed by atoms with Crippen molar-refractivity contribution in [2.45, 2.75) is 109 Å². The van der Waals surface area contributed by atoms with E-state index in [1.54, 1.807) is 0 Å². The third-order valence-electron chi connectivity index (χ3n) is 4.54. The monoisotopic (exact) mass is 437 g/mol. The van der Waals surface area contributed by atoms with Crippen LogP contribution in [0.25, 0.3) is 0 Å². The Labute approximate surface area is 157 Å². The fraction of sp³-hybridized carbons (Fsp3) is 0.950. The largest absolute Gasteiger partial charge is 0.0925 e. The summed E-state index contributed by atoms with van der Waals surface area (Å²) in [4.78, 5) is 0.665. The first kappa shape index (κ1) is 23.0. The molecule has 0 fully saturated rings. The van der Waals surface area contributed by atoms with Crippen LogP contribution in [0.4, 0.5) is 0 Å². The fourth-order valence-electron chi connectivity index (χ4n) is 2.90. The zero-order valence-corrected chi connectivity index (χ0v) is 18.3. The molecule has 133 valence electrons. The van der Waals surface area contributed by atoms with Crippen molar-refractivity contribution in [1.82, 2.24) is 0 Å². The second-order valence-corrected chi connectivity index (χ2v) is 8.54. The molecule has 1 radical (unpaired) electrons. The molecule has 0 aromatic carbocycles. The first-order chi connectivity index (χ1) is 10.8. The van der Waals surface area contributed by atoms with E-state index in [1.165, 1.54) is 89.9 Å². The van der Waals surface area contributed by atoms with E-state index >= 15 is 0 Å². The molecule has 0 saturated heterocycles. The second kappa shape index (κ2) is 18.3. The summed E-state index contributed by atoms with van der Waals surface area (Å²) in [5.41, 5.74) is 0. The van der Waals surface area contributed by atoms with Crippen LogP contribution in [0.5, 0.6) is 0 Å². The lowest BCUT2D eigenvalue weighted by Gasteiger charge is -2.20. The van der Waals surface area contributed by atoms with E-state index in [1.807, 2.05) is 0 Å². The normalized spacial score (nSPS) is 14.2. The van der Waals surface area contributed by atoms with Gasteiger partial charge in [-0.3, -0.25) is 0 Å². The Morgan fingerprint density at radius 1 is 0.773 bits per heavy atom. The smallest absolute Gasteiger partial charge is 0.0184 e. The van der Waals surface area contributed by atoms with E-state index in [0.717, 1.165) is 11.2 Å². The highest BCUT2D eigenvalue weighted by Crippen LogP contribution is 2.26. The molecule has 0 spiro atoms. The first-order valence-electron chi connectivity index (χ1n) is 9.77. The lowest BCUT2D eigenvalue weighted by Crippen LogP contribution is -2.16. The summed E-state index contributed by atoms with van der Waals surface area (Å²) >= 11 is 7.65. The van der Waals surface area contributed by atoms with Crippen molar-refractivity contribution in [3.05, 3.63) is 6.42 Å². The van der Waals surface area contributed by atoms with E-state index in [0.29, 0.717) is 4.83 Å². The van der Waals surface area contributed by atoms with Crippen LogP contribution >= 0.6 is 31.9 Å². The Bertz CT molecular complexity index is 206. The number of alkyl halides is 2. The summed E-state index contributed by atoms with van der Waals surface area (Å²) < 4.78 is 0. The predicted octanol–water partition coefficient (Wildman–Crippen LogP) is 8.47. The van der Waals surface area contributed by atoms with Crippen molar-refractivity contribution in [2.24, 2.45) is 5.92 Å². The van der Waals surface area contributed by atoms with Crippen molar-refractivity contribution in [1.29, 1.82) is 0 Å². The number of hydrogen-bond donors (Lipinski definition) is 0. The first-order valence-corrected chi connectivity index (χ1v) is 11.8. The predicted molar refractivity (Wildman–Crippen MR) is 110 cm³/mol. The Balaban J connectivity index is 3.53. The molecule has 0 bridgehead atoms. The highest BCUT2D eigenvalue weighted by Gasteiger charge is 2.17. The van der Waals surface area contributed by atoms with Crippen molar-refractivity contribution in [2.75, 3.05) is 5.33 Å². The quantitative estimate of drug-likeness (QED) is 0.158. The maximum absolute atomic E-state index is 3.93. The number of halogens is 2. The Morgan fingerprint density at radius 3 is 1.91 bits per heavy atom. The van der Waals surface area contributed by atoms with Gasteiger partial charge in [0.2, 0.25) is 0 Å². The van der Waals surface area contributed by atoms with Gasteiger partial charge in [0.25, 0.3) is 0 Å². The van der Waals surface area contributed by atoms with Crippen LogP contribution in [0.2, 0.25) is 0 Å². The third-order valence-corrected chi connectivity index (χ3v) is 6.49. The van der Waals surface area contributed by atoms with Gasteiger partial charge >= 0.3 is 0 Å². The molecule has 0 aliphatic carbocycles. The lowest BCUT2D eigenvalue weighted by molar-refractivity contribution is 0.473. The fourth-order valence-corrected chi connectivity index (χ4v) is 4.90. The van der Waals surface area contributed by atoms with E-state index in [9.17, 15) is 0 Å². The molecule has 0 aliphatic heterocycles. The van der Waals surface area contributed by atoms with Gasteiger partial charge < -0.3 is 0 Å². The minimum absolute atomic E-state index is 0.665. The molecule has 22 heavy (non-hydrogen) atoms. The lowest BCUT2D eigenvalue weighted by atomic mass is 9.95. The van der Waals surface area contributed by atoms with Crippen LogP contribution < -0.4 is 0 Å². The molecule has 0 aromatic rings. The molecule has 0 nitrogen and oxygen atoms in total. The Kier molecular flexibility index (Phi) is 19.1. The summed E-state index contributed by atoms with van der Waals surface area (Å²) in [6.45, 7) is 4.57. The van der Waals surface area contributed by atoms with Gasteiger partial charge in [-0.05, 0) is 25.2 Å². The number of unbranched alkanes of at least 4 members (excludes halogenated alkanes) is 11. The third kappa shape index (κ3) is 14.5. The number of hydrogen-bond acceptors (Lipinski definition) is 0. The SMILES string of the molecule is CCCCCCC[CH]CC(Br)C(CBr)CCCCCCCC. The summed E-state index contributed by atoms with van der Waals surface area (Å²) in [7, 11) is 0. The van der Waals surface area contributed by atoms with Crippen molar-refractivity contribution < 1.29 is 0 Å². The maximum Gasteiger partial charge on any atom is 0.0184 e. The summed E-state index contributed by atoms with van der Waals surface area (Å²) in [6.07, 6.45) is 21.8. The molecule has 2 heteroatoms. The summed E-state index contributed by atoms with van der Waals surface area (Å²) in [6, 6.07) is 0. The van der Waals surface area contributed by atoms with Gasteiger partial charge in [0.1, 0.15) is 0 Å².